The van der Waals surface area contributed by atoms with Gasteiger partial charge in [0.1, 0.15) is 5.39 Å². The van der Waals surface area contributed by atoms with Crippen LogP contribution in [0.1, 0.15) is 11.4 Å². The molecule has 1 aromatic carbocycles. The highest BCUT2D eigenvalue weighted by Crippen LogP contribution is 2.29. The minimum atomic E-state index is -0.412. The third-order valence-corrected chi connectivity index (χ3v) is 3.48. The monoisotopic (exact) mass is 310 g/mol. The van der Waals surface area contributed by atoms with Crippen molar-refractivity contribution in [3.63, 3.8) is 0 Å². The van der Waals surface area contributed by atoms with Crippen LogP contribution in [0.3, 0.4) is 0 Å². The lowest BCUT2D eigenvalue weighted by Gasteiger charge is -2.05. The number of ether oxygens (including phenoxy) is 1. The average Bonchev–Trinajstić information content (AvgIpc) is 2.93. The van der Waals surface area contributed by atoms with Crippen LogP contribution in [0.25, 0.3) is 17.0 Å². The maximum atomic E-state index is 11.2. The number of methoxy groups -OCH3 is 1. The van der Waals surface area contributed by atoms with Crippen LogP contribution >= 0.6 is 0 Å². The fourth-order valence-corrected chi connectivity index (χ4v) is 2.47. The maximum absolute atomic E-state index is 11.2. The lowest BCUT2D eigenvalue weighted by atomic mass is 10.1. The average molecular weight is 310 g/mol. The van der Waals surface area contributed by atoms with Crippen LogP contribution in [0.2, 0.25) is 0 Å². The van der Waals surface area contributed by atoms with E-state index < -0.39 is 4.92 Å². The molecular weight excluding hydrogens is 296 g/mol. The molecule has 0 aliphatic carbocycles. The molecule has 23 heavy (non-hydrogen) atoms. The first kappa shape index (κ1) is 14.7. The zero-order valence-corrected chi connectivity index (χ0v) is 12.5. The quantitative estimate of drug-likeness (QED) is 0.534. The molecule has 0 radical (unpaired) electrons. The number of hydrogen-bond donors (Lipinski definition) is 0. The number of pyridine rings is 1. The van der Waals surface area contributed by atoms with Crippen molar-refractivity contribution in [1.82, 2.24) is 14.8 Å². The summed E-state index contributed by atoms with van der Waals surface area (Å²) in [6.45, 7) is 4.07. The van der Waals surface area contributed by atoms with E-state index in [0.717, 1.165) is 5.69 Å². The molecule has 0 unspecified atom stereocenters. The van der Waals surface area contributed by atoms with Crippen molar-refractivity contribution >= 4 is 22.7 Å². The van der Waals surface area contributed by atoms with Crippen molar-refractivity contribution < 1.29 is 9.66 Å². The minimum absolute atomic E-state index is 0.0160. The van der Waals surface area contributed by atoms with Gasteiger partial charge in [0, 0.05) is 12.1 Å². The molecular formula is C16H14N4O3. The minimum Gasteiger partial charge on any atom is -0.481 e. The molecule has 0 spiro atoms. The number of fused-ring (bicyclic) bond motifs is 1. The predicted octanol–water partition coefficient (Wildman–Crippen LogP) is 3.04. The van der Waals surface area contributed by atoms with Gasteiger partial charge in [-0.25, -0.2) is 4.98 Å². The Hall–Kier alpha value is -3.22. The Morgan fingerprint density at radius 3 is 2.83 bits per heavy atom. The molecule has 0 amide bonds. The van der Waals surface area contributed by atoms with Gasteiger partial charge in [-0.05, 0) is 18.2 Å². The van der Waals surface area contributed by atoms with E-state index in [0.29, 0.717) is 29.0 Å². The summed E-state index contributed by atoms with van der Waals surface area (Å²) >= 11 is 0. The molecule has 2 heterocycles. The zero-order valence-electron chi connectivity index (χ0n) is 12.5. The van der Waals surface area contributed by atoms with E-state index in [1.807, 2.05) is 12.1 Å². The van der Waals surface area contributed by atoms with Gasteiger partial charge in [0.15, 0.2) is 0 Å². The Kier molecular flexibility index (Phi) is 3.76. The zero-order chi connectivity index (χ0) is 16.4. The van der Waals surface area contributed by atoms with Crippen molar-refractivity contribution in [2.75, 3.05) is 7.11 Å². The summed E-state index contributed by atoms with van der Waals surface area (Å²) in [6.07, 6.45) is 1.52. The Balaban J connectivity index is 2.13. The molecule has 0 aliphatic rings. The molecule has 0 N–H and O–H groups in total. The van der Waals surface area contributed by atoms with Crippen molar-refractivity contribution in [2.45, 2.75) is 6.54 Å². The third kappa shape index (κ3) is 2.64. The van der Waals surface area contributed by atoms with Gasteiger partial charge in [0.2, 0.25) is 5.88 Å². The first-order valence-corrected chi connectivity index (χ1v) is 6.90. The summed E-state index contributed by atoms with van der Waals surface area (Å²) in [4.78, 5) is 15.2. The maximum Gasteiger partial charge on any atom is 0.281 e. The van der Waals surface area contributed by atoms with Crippen LogP contribution in [-0.2, 0) is 6.54 Å². The largest absolute Gasteiger partial charge is 0.481 e. The van der Waals surface area contributed by atoms with Gasteiger partial charge in [-0.15, -0.1) is 0 Å². The number of nitro groups is 1. The van der Waals surface area contributed by atoms with Crippen molar-refractivity contribution in [3.05, 3.63) is 64.5 Å². The van der Waals surface area contributed by atoms with Gasteiger partial charge >= 0.3 is 0 Å². The highest BCUT2D eigenvalue weighted by atomic mass is 16.6. The van der Waals surface area contributed by atoms with Crippen LogP contribution in [0.15, 0.2) is 43.0 Å². The highest BCUT2D eigenvalue weighted by molar-refractivity contribution is 5.94. The number of benzene rings is 1. The molecule has 116 valence electrons. The number of nitrogens with zero attached hydrogens (tertiary/aromatic N) is 4. The molecule has 0 saturated carbocycles. The lowest BCUT2D eigenvalue weighted by molar-refractivity contribution is -0.383. The molecule has 0 bridgehead atoms. The van der Waals surface area contributed by atoms with Gasteiger partial charge < -0.3 is 4.74 Å². The molecule has 7 nitrogen and oxygen atoms in total. The van der Waals surface area contributed by atoms with Crippen LogP contribution in [0.5, 0.6) is 5.88 Å². The Morgan fingerprint density at radius 2 is 2.13 bits per heavy atom. The number of rotatable bonds is 5. The van der Waals surface area contributed by atoms with Crippen LogP contribution in [-0.4, -0.2) is 26.8 Å². The van der Waals surface area contributed by atoms with Crippen LogP contribution in [0, 0.1) is 10.1 Å². The van der Waals surface area contributed by atoms with Gasteiger partial charge in [-0.3, -0.25) is 14.8 Å². The van der Waals surface area contributed by atoms with Crippen LogP contribution < -0.4 is 4.74 Å². The second kappa shape index (κ2) is 5.88. The SMILES string of the molecule is C=Cc1nn(Cc2cccc(OC)n2)c2cccc([N+](=O)[O-])c12. The van der Waals surface area contributed by atoms with Crippen molar-refractivity contribution in [3.8, 4) is 5.88 Å². The molecule has 0 aliphatic heterocycles. The van der Waals surface area contributed by atoms with Crippen LogP contribution in [0.4, 0.5) is 5.69 Å². The second-order valence-electron chi connectivity index (χ2n) is 4.85. The van der Waals surface area contributed by atoms with Crippen molar-refractivity contribution in [2.24, 2.45) is 0 Å². The fourth-order valence-electron chi connectivity index (χ4n) is 2.47. The van der Waals surface area contributed by atoms with E-state index in [1.165, 1.54) is 12.1 Å². The van der Waals surface area contributed by atoms with E-state index in [2.05, 4.69) is 16.7 Å². The first-order valence-electron chi connectivity index (χ1n) is 6.90. The van der Waals surface area contributed by atoms with Gasteiger partial charge in [-0.1, -0.05) is 18.7 Å². The first-order chi connectivity index (χ1) is 11.1. The summed E-state index contributed by atoms with van der Waals surface area (Å²) < 4.78 is 6.79. The molecule has 3 rings (SSSR count). The van der Waals surface area contributed by atoms with E-state index in [1.54, 1.807) is 30.0 Å². The van der Waals surface area contributed by atoms with E-state index in [-0.39, 0.29) is 5.69 Å². The summed E-state index contributed by atoms with van der Waals surface area (Å²) in [7, 11) is 1.55. The second-order valence-corrected chi connectivity index (χ2v) is 4.85. The Bertz CT molecular complexity index is 901. The number of non-ortho nitro benzene ring substituents is 1. The Labute approximate surface area is 132 Å². The third-order valence-electron chi connectivity index (χ3n) is 3.48. The van der Waals surface area contributed by atoms with Gasteiger partial charge in [0.05, 0.1) is 35.5 Å². The van der Waals surface area contributed by atoms with Crippen molar-refractivity contribution in [1.29, 1.82) is 0 Å². The number of aromatic nitrogens is 3. The predicted molar refractivity (Wildman–Crippen MR) is 86.4 cm³/mol. The van der Waals surface area contributed by atoms with E-state index in [4.69, 9.17) is 4.74 Å². The summed E-state index contributed by atoms with van der Waals surface area (Å²) in [5, 5.41) is 16.1. The topological polar surface area (TPSA) is 83.1 Å². The van der Waals surface area contributed by atoms with Gasteiger partial charge in [0.25, 0.3) is 5.69 Å². The van der Waals surface area contributed by atoms with E-state index >= 15 is 0 Å². The summed E-state index contributed by atoms with van der Waals surface area (Å²) in [6, 6.07) is 10.3. The fraction of sp³-hybridized carbons (Fsp3) is 0.125. The number of nitro benzene ring substituents is 1. The molecule has 0 atom stereocenters. The number of hydrogen-bond acceptors (Lipinski definition) is 5. The molecule has 7 heteroatoms. The molecule has 3 aromatic rings. The normalized spacial score (nSPS) is 10.7. The smallest absolute Gasteiger partial charge is 0.281 e. The standard InChI is InChI=1S/C16H14N4O3/c1-3-12-16-13(7-5-8-14(16)20(21)22)19(18-12)10-11-6-4-9-15(17-11)23-2/h3-9H,1,10H2,2H3. The van der Waals surface area contributed by atoms with E-state index in [9.17, 15) is 10.1 Å². The lowest BCUT2D eigenvalue weighted by Crippen LogP contribution is -2.04. The molecule has 0 saturated heterocycles. The highest BCUT2D eigenvalue weighted by Gasteiger charge is 2.19. The summed E-state index contributed by atoms with van der Waals surface area (Å²) in [5.41, 5.74) is 1.91. The summed E-state index contributed by atoms with van der Waals surface area (Å²) in [5.74, 6) is 0.508. The Morgan fingerprint density at radius 1 is 1.35 bits per heavy atom. The van der Waals surface area contributed by atoms with Gasteiger partial charge in [-0.2, -0.15) is 5.10 Å². The molecule has 0 fully saturated rings. The molecule has 2 aromatic heterocycles.